The van der Waals surface area contributed by atoms with Crippen LogP contribution >= 0.6 is 11.3 Å². The van der Waals surface area contributed by atoms with E-state index in [4.69, 9.17) is 10.2 Å². The third kappa shape index (κ3) is 5.31. The normalized spacial score (nSPS) is 18.8. The lowest BCUT2D eigenvalue weighted by Gasteiger charge is -2.23. The van der Waals surface area contributed by atoms with Crippen LogP contribution in [0.1, 0.15) is 71.2 Å². The van der Waals surface area contributed by atoms with Crippen LogP contribution in [-0.2, 0) is 18.5 Å². The summed E-state index contributed by atoms with van der Waals surface area (Å²) in [5.74, 6) is 0.715. The van der Waals surface area contributed by atoms with E-state index in [0.717, 1.165) is 41.9 Å². The van der Waals surface area contributed by atoms with E-state index in [1.165, 1.54) is 6.07 Å². The van der Waals surface area contributed by atoms with Crippen LogP contribution in [0.2, 0.25) is 0 Å². The average Bonchev–Trinajstić information content (AvgIpc) is 3.29. The van der Waals surface area contributed by atoms with E-state index in [2.05, 4.69) is 15.2 Å². The lowest BCUT2D eigenvalue weighted by atomic mass is 9.94. The Labute approximate surface area is 230 Å². The van der Waals surface area contributed by atoms with Crippen LogP contribution in [0.15, 0.2) is 57.1 Å². The van der Waals surface area contributed by atoms with Gasteiger partial charge in [0.15, 0.2) is 0 Å². The fourth-order valence-corrected chi connectivity index (χ4v) is 6.20. The number of pyridine rings is 1. The SMILES string of the molecule is Cc1csc([C@H]2CCCN2C(=O)c2cc(-c3nnc([C@](C)(N)Cc4ccccc4)o3)n(CC3CC3)c(=O)c2)n1. The first-order valence-electron chi connectivity index (χ1n) is 13.4. The average molecular weight is 545 g/mol. The molecule has 1 aliphatic heterocycles. The van der Waals surface area contributed by atoms with E-state index in [9.17, 15) is 9.59 Å². The molecule has 2 fully saturated rings. The molecule has 2 atom stereocenters. The topological polar surface area (TPSA) is 120 Å². The van der Waals surface area contributed by atoms with Crippen molar-refractivity contribution in [3.05, 3.63) is 85.9 Å². The molecule has 9 nitrogen and oxygen atoms in total. The van der Waals surface area contributed by atoms with E-state index < -0.39 is 5.54 Å². The van der Waals surface area contributed by atoms with Gasteiger partial charge in [-0.1, -0.05) is 30.3 Å². The molecule has 202 valence electrons. The van der Waals surface area contributed by atoms with E-state index in [1.54, 1.807) is 22.0 Å². The number of thiazole rings is 1. The zero-order valence-corrected chi connectivity index (χ0v) is 23.0. The molecule has 6 rings (SSSR count). The molecule has 0 spiro atoms. The maximum atomic E-state index is 13.8. The number of hydrogen-bond donors (Lipinski definition) is 1. The number of hydrogen-bond acceptors (Lipinski definition) is 8. The van der Waals surface area contributed by atoms with Crippen LogP contribution in [0.4, 0.5) is 0 Å². The van der Waals surface area contributed by atoms with Gasteiger partial charge in [0.05, 0.1) is 11.6 Å². The van der Waals surface area contributed by atoms with Gasteiger partial charge in [0, 0.05) is 35.8 Å². The predicted molar refractivity (Wildman–Crippen MR) is 148 cm³/mol. The van der Waals surface area contributed by atoms with Crippen molar-refractivity contribution in [3.8, 4) is 11.6 Å². The molecule has 3 aromatic heterocycles. The van der Waals surface area contributed by atoms with Crippen LogP contribution in [-0.4, -0.2) is 37.1 Å². The molecule has 0 unspecified atom stereocenters. The van der Waals surface area contributed by atoms with Gasteiger partial charge in [0.1, 0.15) is 10.7 Å². The van der Waals surface area contributed by atoms with Crippen molar-refractivity contribution in [1.82, 2.24) is 24.6 Å². The highest BCUT2D eigenvalue weighted by atomic mass is 32.1. The van der Waals surface area contributed by atoms with Crippen molar-refractivity contribution < 1.29 is 9.21 Å². The van der Waals surface area contributed by atoms with Crippen molar-refractivity contribution in [3.63, 3.8) is 0 Å². The van der Waals surface area contributed by atoms with E-state index >= 15 is 0 Å². The summed E-state index contributed by atoms with van der Waals surface area (Å²) in [5.41, 5.74) is 8.24. The molecule has 1 aromatic carbocycles. The lowest BCUT2D eigenvalue weighted by Crippen LogP contribution is -2.35. The smallest absolute Gasteiger partial charge is 0.264 e. The molecule has 39 heavy (non-hydrogen) atoms. The highest BCUT2D eigenvalue weighted by Gasteiger charge is 2.34. The summed E-state index contributed by atoms with van der Waals surface area (Å²) in [5, 5.41) is 11.5. The van der Waals surface area contributed by atoms with Crippen molar-refractivity contribution in [1.29, 1.82) is 0 Å². The summed E-state index contributed by atoms with van der Waals surface area (Å²) in [4.78, 5) is 33.6. The summed E-state index contributed by atoms with van der Waals surface area (Å²) >= 11 is 1.57. The highest BCUT2D eigenvalue weighted by Crippen LogP contribution is 2.36. The summed E-state index contributed by atoms with van der Waals surface area (Å²) in [6.45, 7) is 4.98. The fraction of sp³-hybridized carbons (Fsp3) is 0.414. The minimum absolute atomic E-state index is 0.0838. The second-order valence-electron chi connectivity index (χ2n) is 11.0. The monoisotopic (exact) mass is 544 g/mol. The molecule has 4 aromatic rings. The van der Waals surface area contributed by atoms with Gasteiger partial charge in [-0.2, -0.15) is 0 Å². The second kappa shape index (κ2) is 10.2. The number of carbonyl (C=O) groups excluding carboxylic acids is 1. The number of likely N-dealkylation sites (tertiary alicyclic amines) is 1. The third-order valence-corrected chi connectivity index (χ3v) is 8.56. The molecular weight excluding hydrogens is 512 g/mol. The Kier molecular flexibility index (Phi) is 6.68. The molecular formula is C29H32N6O3S. The largest absolute Gasteiger partial charge is 0.417 e. The number of nitrogens with two attached hydrogens (primary N) is 1. The molecule has 1 amide bonds. The summed E-state index contributed by atoms with van der Waals surface area (Å²) < 4.78 is 7.77. The third-order valence-electron chi connectivity index (χ3n) is 7.50. The highest BCUT2D eigenvalue weighted by molar-refractivity contribution is 7.09. The first-order chi connectivity index (χ1) is 18.8. The Morgan fingerprint density at radius 1 is 1.18 bits per heavy atom. The van der Waals surface area contributed by atoms with Gasteiger partial charge in [0.25, 0.3) is 17.4 Å². The number of carbonyl (C=O) groups is 1. The molecule has 1 saturated carbocycles. The molecule has 2 N–H and O–H groups in total. The summed E-state index contributed by atoms with van der Waals surface area (Å²) in [6, 6.07) is 13.0. The molecule has 0 bridgehead atoms. The molecule has 0 radical (unpaired) electrons. The van der Waals surface area contributed by atoms with Gasteiger partial charge in [-0.05, 0) is 63.5 Å². The Balaban J connectivity index is 1.34. The van der Waals surface area contributed by atoms with Gasteiger partial charge in [-0.15, -0.1) is 21.5 Å². The first-order valence-corrected chi connectivity index (χ1v) is 14.3. The molecule has 4 heterocycles. The maximum Gasteiger partial charge on any atom is 0.264 e. The maximum absolute atomic E-state index is 13.8. The predicted octanol–water partition coefficient (Wildman–Crippen LogP) is 4.47. The van der Waals surface area contributed by atoms with Crippen LogP contribution in [0.3, 0.4) is 0 Å². The zero-order valence-electron chi connectivity index (χ0n) is 22.2. The van der Waals surface area contributed by atoms with Gasteiger partial charge in [0.2, 0.25) is 5.89 Å². The first kappa shape index (κ1) is 25.6. The minimum Gasteiger partial charge on any atom is -0.417 e. The number of nitrogens with zero attached hydrogens (tertiary/aromatic N) is 5. The quantitative estimate of drug-likeness (QED) is 0.348. The van der Waals surface area contributed by atoms with Crippen LogP contribution in [0.25, 0.3) is 11.6 Å². The van der Waals surface area contributed by atoms with E-state index in [-0.39, 0.29) is 29.3 Å². The van der Waals surface area contributed by atoms with Crippen molar-refractivity contribution in [2.75, 3.05) is 6.54 Å². The van der Waals surface area contributed by atoms with Crippen LogP contribution in [0, 0.1) is 12.8 Å². The number of aryl methyl sites for hydroxylation is 1. The summed E-state index contributed by atoms with van der Waals surface area (Å²) in [6.07, 6.45) is 4.40. The van der Waals surface area contributed by atoms with Gasteiger partial charge >= 0.3 is 0 Å². The molecule has 1 aliphatic carbocycles. The Morgan fingerprint density at radius 2 is 1.97 bits per heavy atom. The van der Waals surface area contributed by atoms with Crippen molar-refractivity contribution >= 4 is 17.2 Å². The zero-order chi connectivity index (χ0) is 27.1. The number of benzene rings is 1. The summed E-state index contributed by atoms with van der Waals surface area (Å²) in [7, 11) is 0. The Hall–Kier alpha value is -3.63. The molecule has 2 aliphatic rings. The van der Waals surface area contributed by atoms with Crippen LogP contribution < -0.4 is 11.3 Å². The standard InChI is InChI=1S/C29H32N6O3S/c1-18-17-39-26(31-18)22-9-6-12-34(22)27(37)21-13-23(35(24(36)14-21)16-20-10-11-20)25-32-33-28(38-25)29(2,30)15-19-7-4-3-5-8-19/h3-5,7-8,13-14,17,20,22H,6,9-12,15-16,30H2,1-2H3/t22-,29-/m1/s1. The lowest BCUT2D eigenvalue weighted by molar-refractivity contribution is 0.0735. The minimum atomic E-state index is -0.906. The number of rotatable bonds is 8. The van der Waals surface area contributed by atoms with Crippen LogP contribution in [0.5, 0.6) is 0 Å². The second-order valence-corrected chi connectivity index (χ2v) is 11.9. The van der Waals surface area contributed by atoms with E-state index in [1.807, 2.05) is 54.5 Å². The van der Waals surface area contributed by atoms with Crippen molar-refractivity contribution in [2.24, 2.45) is 11.7 Å². The van der Waals surface area contributed by atoms with Crippen molar-refractivity contribution in [2.45, 2.75) is 64.1 Å². The van der Waals surface area contributed by atoms with E-state index in [0.29, 0.717) is 36.7 Å². The van der Waals surface area contributed by atoms with Gasteiger partial charge in [-0.3, -0.25) is 9.59 Å². The number of amides is 1. The van der Waals surface area contributed by atoms with Gasteiger partial charge in [-0.25, -0.2) is 4.98 Å². The number of aromatic nitrogens is 4. The van der Waals surface area contributed by atoms with Gasteiger partial charge < -0.3 is 19.6 Å². The Morgan fingerprint density at radius 3 is 2.69 bits per heavy atom. The molecule has 1 saturated heterocycles. The molecule has 10 heteroatoms. The fourth-order valence-electron chi connectivity index (χ4n) is 5.25. The Bertz CT molecular complexity index is 1550.